The molecule has 2 amide bonds. The number of benzene rings is 1. The molecule has 2 heterocycles. The number of nitrogens with one attached hydrogen (secondary N) is 1. The Morgan fingerprint density at radius 1 is 1.19 bits per heavy atom. The summed E-state index contributed by atoms with van der Waals surface area (Å²) >= 11 is 1.10. The summed E-state index contributed by atoms with van der Waals surface area (Å²) in [7, 11) is 0. The number of anilines is 3. The van der Waals surface area contributed by atoms with Gasteiger partial charge >= 0.3 is 12.2 Å². The van der Waals surface area contributed by atoms with Gasteiger partial charge in [-0.15, -0.1) is 11.3 Å². The van der Waals surface area contributed by atoms with Gasteiger partial charge in [-0.05, 0) is 37.1 Å². The van der Waals surface area contributed by atoms with Crippen LogP contribution in [0.1, 0.15) is 37.3 Å². The Morgan fingerprint density at radius 3 is 2.59 bits per heavy atom. The lowest BCUT2D eigenvalue weighted by atomic mass is 10.0. The number of hydrogen-bond donors (Lipinski definition) is 2. The van der Waals surface area contributed by atoms with Crippen molar-refractivity contribution in [3.8, 4) is 11.4 Å². The predicted octanol–water partition coefficient (Wildman–Crippen LogP) is 6.35. The number of aryl methyl sites for hydroxylation is 1. The predicted molar refractivity (Wildman–Crippen MR) is 121 cm³/mol. The first kappa shape index (κ1) is 23.5. The van der Waals surface area contributed by atoms with Crippen LogP contribution in [-0.2, 0) is 6.18 Å². The fourth-order valence-corrected chi connectivity index (χ4v) is 4.17. The molecule has 6 nitrogen and oxygen atoms in total. The van der Waals surface area contributed by atoms with Gasteiger partial charge in [0, 0.05) is 18.1 Å². The Bertz CT molecular complexity index is 1070. The molecule has 10 heteroatoms. The van der Waals surface area contributed by atoms with Gasteiger partial charge in [0.2, 0.25) is 0 Å². The minimum Gasteiger partial charge on any atom is -0.383 e. The van der Waals surface area contributed by atoms with Crippen molar-refractivity contribution in [2.45, 2.75) is 39.3 Å². The molecule has 0 atom stereocenters. The van der Waals surface area contributed by atoms with Crippen LogP contribution in [0.5, 0.6) is 0 Å². The second-order valence-electron chi connectivity index (χ2n) is 7.19. The molecule has 0 spiro atoms. The first-order chi connectivity index (χ1) is 15.2. The number of unbranched alkanes of at least 4 members (excludes halogenated alkanes) is 2. The number of alkyl halides is 3. The molecule has 3 N–H and O–H groups in total. The molecule has 1 aromatic carbocycles. The van der Waals surface area contributed by atoms with E-state index in [0.717, 1.165) is 29.1 Å². The smallest absolute Gasteiger partial charge is 0.383 e. The fraction of sp³-hybridized carbons (Fsp3) is 0.318. The van der Waals surface area contributed by atoms with E-state index in [1.807, 2.05) is 6.92 Å². The molecule has 3 aromatic rings. The molecular formula is C22H24F3N5OS. The minimum absolute atomic E-state index is 0.00819. The first-order valence-electron chi connectivity index (χ1n) is 10.1. The summed E-state index contributed by atoms with van der Waals surface area (Å²) in [5.74, 6) is 0. The topological polar surface area (TPSA) is 84.1 Å². The molecule has 2 aromatic heterocycles. The molecule has 0 unspecified atom stereocenters. The molecular weight excluding hydrogens is 439 g/mol. The number of thiazole rings is 1. The highest BCUT2D eigenvalue weighted by Gasteiger charge is 2.38. The van der Waals surface area contributed by atoms with Crippen LogP contribution in [0.4, 0.5) is 34.5 Å². The third kappa shape index (κ3) is 5.18. The van der Waals surface area contributed by atoms with Crippen molar-refractivity contribution in [2.24, 2.45) is 5.73 Å². The van der Waals surface area contributed by atoms with Crippen molar-refractivity contribution in [3.05, 3.63) is 53.0 Å². The van der Waals surface area contributed by atoms with Crippen molar-refractivity contribution in [1.29, 1.82) is 0 Å². The van der Waals surface area contributed by atoms with E-state index in [1.54, 1.807) is 29.8 Å². The second-order valence-corrected chi connectivity index (χ2v) is 8.02. The van der Waals surface area contributed by atoms with Crippen LogP contribution in [0.3, 0.4) is 0 Å². The maximum absolute atomic E-state index is 14.0. The van der Waals surface area contributed by atoms with Crippen molar-refractivity contribution in [3.63, 3.8) is 0 Å². The molecule has 170 valence electrons. The van der Waals surface area contributed by atoms with Crippen molar-refractivity contribution in [1.82, 2.24) is 9.97 Å². The molecule has 0 radical (unpaired) electrons. The molecule has 0 bridgehead atoms. The summed E-state index contributed by atoms with van der Waals surface area (Å²) in [6.45, 7) is 3.73. The van der Waals surface area contributed by atoms with Crippen molar-refractivity contribution < 1.29 is 18.0 Å². The van der Waals surface area contributed by atoms with Crippen molar-refractivity contribution in [2.75, 3.05) is 16.8 Å². The lowest BCUT2D eigenvalue weighted by Crippen LogP contribution is -2.32. The third-order valence-corrected chi connectivity index (χ3v) is 5.66. The number of nitrogens with zero attached hydrogens (tertiary/aromatic N) is 3. The van der Waals surface area contributed by atoms with Crippen LogP contribution >= 0.6 is 11.3 Å². The highest BCUT2D eigenvalue weighted by atomic mass is 32.1. The van der Waals surface area contributed by atoms with Crippen LogP contribution in [0.25, 0.3) is 11.4 Å². The summed E-state index contributed by atoms with van der Waals surface area (Å²) in [6.07, 6.45) is -0.516. The van der Waals surface area contributed by atoms with Crippen molar-refractivity contribution >= 4 is 33.9 Å². The van der Waals surface area contributed by atoms with E-state index in [9.17, 15) is 18.0 Å². The molecule has 0 aliphatic rings. The maximum atomic E-state index is 14.0. The van der Waals surface area contributed by atoms with Gasteiger partial charge in [-0.25, -0.2) is 14.7 Å². The number of aromatic nitrogens is 2. The number of carbonyl (C=O) groups is 1. The molecule has 32 heavy (non-hydrogen) atoms. The van der Waals surface area contributed by atoms with Crippen LogP contribution in [-0.4, -0.2) is 22.5 Å². The van der Waals surface area contributed by atoms with E-state index in [1.165, 1.54) is 19.1 Å². The van der Waals surface area contributed by atoms with Gasteiger partial charge in [-0.2, -0.15) is 13.2 Å². The maximum Gasteiger partial charge on any atom is 0.418 e. The van der Waals surface area contributed by atoms with Gasteiger partial charge in [0.1, 0.15) is 5.69 Å². The Hall–Kier alpha value is -3.14. The number of halogens is 3. The zero-order valence-electron chi connectivity index (χ0n) is 17.7. The fourth-order valence-electron chi connectivity index (χ4n) is 3.33. The summed E-state index contributed by atoms with van der Waals surface area (Å²) in [5, 5.41) is 4.74. The van der Waals surface area contributed by atoms with Gasteiger partial charge in [0.05, 0.1) is 22.6 Å². The van der Waals surface area contributed by atoms with E-state index in [0.29, 0.717) is 24.4 Å². The van der Waals surface area contributed by atoms with E-state index in [4.69, 9.17) is 5.73 Å². The van der Waals surface area contributed by atoms with Gasteiger partial charge in [-0.1, -0.05) is 31.9 Å². The Morgan fingerprint density at radius 2 is 1.97 bits per heavy atom. The highest BCUT2D eigenvalue weighted by molar-refractivity contribution is 7.14. The number of primary amides is 1. The first-order valence-corrected chi connectivity index (χ1v) is 11.0. The Balaban J connectivity index is 2.10. The number of amides is 2. The van der Waals surface area contributed by atoms with Gasteiger partial charge in [0.15, 0.2) is 5.13 Å². The zero-order chi connectivity index (χ0) is 23.3. The lowest BCUT2D eigenvalue weighted by molar-refractivity contribution is -0.137. The van der Waals surface area contributed by atoms with Crippen LogP contribution in [0.2, 0.25) is 0 Å². The Kier molecular flexibility index (Phi) is 7.34. The molecule has 0 fully saturated rings. The summed E-state index contributed by atoms with van der Waals surface area (Å²) in [5.41, 5.74) is 5.76. The van der Waals surface area contributed by atoms with E-state index in [2.05, 4.69) is 15.3 Å². The number of hydrogen-bond acceptors (Lipinski definition) is 5. The molecule has 0 saturated carbocycles. The summed E-state index contributed by atoms with van der Waals surface area (Å²) in [4.78, 5) is 22.1. The Labute approximate surface area is 188 Å². The van der Waals surface area contributed by atoms with Crippen LogP contribution in [0.15, 0.2) is 41.9 Å². The number of urea groups is 1. The quantitative estimate of drug-likeness (QED) is 0.381. The molecule has 0 saturated heterocycles. The SMILES string of the molecule is CCCCCNc1c(N(C(N)=O)c2nc(-c3ccccn3)cs2)ccc(C)c1C(F)(F)F. The summed E-state index contributed by atoms with van der Waals surface area (Å²) < 4.78 is 41.9. The van der Waals surface area contributed by atoms with Crippen LogP contribution in [0, 0.1) is 6.92 Å². The number of nitrogens with two attached hydrogens (primary N) is 1. The van der Waals surface area contributed by atoms with Gasteiger partial charge in [0.25, 0.3) is 0 Å². The van der Waals surface area contributed by atoms with Gasteiger partial charge in [-0.3, -0.25) is 4.98 Å². The average molecular weight is 464 g/mol. The molecule has 0 aliphatic carbocycles. The number of rotatable bonds is 8. The highest BCUT2D eigenvalue weighted by Crippen LogP contribution is 2.44. The third-order valence-electron chi connectivity index (χ3n) is 4.83. The van der Waals surface area contributed by atoms with Crippen LogP contribution < -0.4 is 16.0 Å². The molecule has 3 rings (SSSR count). The second kappa shape index (κ2) is 9.99. The summed E-state index contributed by atoms with van der Waals surface area (Å²) in [6, 6.07) is 7.16. The normalized spacial score (nSPS) is 11.4. The van der Waals surface area contributed by atoms with E-state index in [-0.39, 0.29) is 22.1 Å². The minimum atomic E-state index is -4.61. The average Bonchev–Trinajstić information content (AvgIpc) is 3.22. The zero-order valence-corrected chi connectivity index (χ0v) is 18.6. The largest absolute Gasteiger partial charge is 0.418 e. The van der Waals surface area contributed by atoms with E-state index >= 15 is 0 Å². The lowest BCUT2D eigenvalue weighted by Gasteiger charge is -2.25. The number of pyridine rings is 1. The van der Waals surface area contributed by atoms with Gasteiger partial charge < -0.3 is 11.1 Å². The van der Waals surface area contributed by atoms with E-state index < -0.39 is 17.8 Å². The number of carbonyl (C=O) groups excluding carboxylic acids is 1. The molecule has 0 aliphatic heterocycles. The standard InChI is InChI=1S/C22H24F3N5OS/c1-3-4-6-12-28-19-17(10-9-14(2)18(19)22(23,24)25)30(20(26)31)21-29-16(13-32-21)15-8-5-7-11-27-15/h5,7-11,13,28H,3-4,6,12H2,1-2H3,(H2,26,31). The monoisotopic (exact) mass is 463 g/mol.